The van der Waals surface area contributed by atoms with Crippen LogP contribution < -0.4 is 0 Å². The summed E-state index contributed by atoms with van der Waals surface area (Å²) >= 11 is 1.56. The second-order valence-corrected chi connectivity index (χ2v) is 10.6. The number of thioether (sulfide) groups is 1. The number of amidine groups is 1. The van der Waals surface area contributed by atoms with Crippen LogP contribution in [0.2, 0.25) is 0 Å². The molecule has 1 aromatic carbocycles. The van der Waals surface area contributed by atoms with Crippen LogP contribution in [-0.2, 0) is 16.8 Å². The number of benzene rings is 1. The number of amides is 1. The van der Waals surface area contributed by atoms with Gasteiger partial charge in [-0.2, -0.15) is 0 Å². The van der Waals surface area contributed by atoms with Crippen LogP contribution in [0.5, 0.6) is 0 Å². The van der Waals surface area contributed by atoms with Gasteiger partial charge in [0.2, 0.25) is 0 Å². The maximum Gasteiger partial charge on any atom is 0.261 e. The standard InChI is InChI=1S/C27H31N3OS/c1-17(2)21-16-26(13-12-23(21)28-3)15-20-11-10-19(9-8-18-6-7-18)14-22(20)27(26)24(31)30(4)25(29-27)32-5/h10-11,14,18H,6-7,12-13,15-16H2,1-5H3. The molecular weight excluding hydrogens is 414 g/mol. The Balaban J connectivity index is 1.70. The minimum atomic E-state index is -0.868. The van der Waals surface area contributed by atoms with Crippen molar-refractivity contribution in [2.24, 2.45) is 21.3 Å². The molecule has 4 nitrogen and oxygen atoms in total. The molecule has 1 aliphatic heterocycles. The third-order valence-electron chi connectivity index (χ3n) is 7.72. The summed E-state index contributed by atoms with van der Waals surface area (Å²) in [6.07, 6.45) is 7.94. The van der Waals surface area contributed by atoms with Crippen LogP contribution in [-0.4, -0.2) is 42.0 Å². The first kappa shape index (κ1) is 21.5. The van der Waals surface area contributed by atoms with Gasteiger partial charge in [0.25, 0.3) is 5.91 Å². The SMILES string of the molecule is CN=C1CCC2(CC1=C(C)C)Cc1ccc(C#CC3CC3)cc1C21N=C(SC)N(C)C1=O. The number of carbonyl (C=O) groups excluding carboxylic acids is 1. The number of fused-ring (bicyclic) bond motifs is 3. The lowest BCUT2D eigenvalue weighted by Crippen LogP contribution is -2.51. The van der Waals surface area contributed by atoms with Crippen LogP contribution in [0.3, 0.4) is 0 Å². The van der Waals surface area contributed by atoms with Crippen molar-refractivity contribution in [3.05, 3.63) is 46.0 Å². The molecule has 2 atom stereocenters. The van der Waals surface area contributed by atoms with E-state index < -0.39 is 5.54 Å². The first-order valence-electron chi connectivity index (χ1n) is 11.5. The summed E-state index contributed by atoms with van der Waals surface area (Å²) in [6, 6.07) is 6.50. The fraction of sp³-hybridized carbons (Fsp3) is 0.519. The molecule has 0 N–H and O–H groups in total. The summed E-state index contributed by atoms with van der Waals surface area (Å²) in [4.78, 5) is 25.7. The van der Waals surface area contributed by atoms with Crippen molar-refractivity contribution in [1.82, 2.24) is 4.90 Å². The Kier molecular flexibility index (Phi) is 5.13. The van der Waals surface area contributed by atoms with Gasteiger partial charge in [0.1, 0.15) is 0 Å². The van der Waals surface area contributed by atoms with E-state index in [1.807, 2.05) is 20.4 Å². The summed E-state index contributed by atoms with van der Waals surface area (Å²) < 4.78 is 0. The normalized spacial score (nSPS) is 30.1. The van der Waals surface area contributed by atoms with Crippen molar-refractivity contribution in [2.45, 2.75) is 57.9 Å². The van der Waals surface area contributed by atoms with E-state index in [1.165, 1.54) is 35.3 Å². The highest BCUT2D eigenvalue weighted by atomic mass is 32.2. The van der Waals surface area contributed by atoms with Gasteiger partial charge in [-0.3, -0.25) is 14.7 Å². The minimum absolute atomic E-state index is 0.109. The van der Waals surface area contributed by atoms with Crippen molar-refractivity contribution >= 4 is 28.5 Å². The molecule has 1 aromatic rings. The van der Waals surface area contributed by atoms with E-state index in [9.17, 15) is 4.79 Å². The Hall–Kier alpha value is -2.32. The van der Waals surface area contributed by atoms with Crippen molar-refractivity contribution in [1.29, 1.82) is 0 Å². The van der Waals surface area contributed by atoms with Crippen LogP contribution in [0.4, 0.5) is 0 Å². The monoisotopic (exact) mass is 445 g/mol. The van der Waals surface area contributed by atoms with E-state index in [1.54, 1.807) is 16.7 Å². The number of allylic oxidation sites excluding steroid dienone is 2. The molecule has 0 aromatic heterocycles. The molecule has 4 aliphatic rings. The Bertz CT molecular complexity index is 1160. The smallest absolute Gasteiger partial charge is 0.261 e. The van der Waals surface area contributed by atoms with E-state index in [-0.39, 0.29) is 11.3 Å². The maximum atomic E-state index is 14.1. The van der Waals surface area contributed by atoms with Crippen LogP contribution >= 0.6 is 11.8 Å². The third kappa shape index (κ3) is 3.03. The molecule has 2 spiro atoms. The van der Waals surface area contributed by atoms with Gasteiger partial charge in [0.15, 0.2) is 10.7 Å². The summed E-state index contributed by atoms with van der Waals surface area (Å²) in [7, 11) is 3.76. The first-order chi connectivity index (χ1) is 15.3. The van der Waals surface area contributed by atoms with Gasteiger partial charge in [0.05, 0.1) is 0 Å². The van der Waals surface area contributed by atoms with Crippen LogP contribution in [0, 0.1) is 23.2 Å². The predicted molar refractivity (Wildman–Crippen MR) is 133 cm³/mol. The molecule has 2 saturated carbocycles. The van der Waals surface area contributed by atoms with Crippen molar-refractivity contribution in [3.63, 3.8) is 0 Å². The van der Waals surface area contributed by atoms with Crippen LogP contribution in [0.15, 0.2) is 39.3 Å². The van der Waals surface area contributed by atoms with E-state index in [0.717, 1.165) is 42.0 Å². The van der Waals surface area contributed by atoms with Gasteiger partial charge in [-0.1, -0.05) is 35.2 Å². The number of hydrogen-bond acceptors (Lipinski definition) is 4. The second kappa shape index (κ2) is 7.63. The molecule has 5 rings (SSSR count). The Morgan fingerprint density at radius 1 is 1.28 bits per heavy atom. The molecule has 3 aliphatic carbocycles. The van der Waals surface area contributed by atoms with Crippen LogP contribution in [0.1, 0.15) is 62.6 Å². The lowest BCUT2D eigenvalue weighted by atomic mass is 9.60. The van der Waals surface area contributed by atoms with E-state index in [2.05, 4.69) is 48.9 Å². The van der Waals surface area contributed by atoms with E-state index >= 15 is 0 Å². The summed E-state index contributed by atoms with van der Waals surface area (Å²) in [5.74, 6) is 7.41. The molecule has 0 bridgehead atoms. The zero-order chi connectivity index (χ0) is 22.7. The van der Waals surface area contributed by atoms with Gasteiger partial charge in [-0.25, -0.2) is 4.99 Å². The molecule has 166 valence electrons. The highest BCUT2D eigenvalue weighted by Crippen LogP contribution is 2.62. The highest BCUT2D eigenvalue weighted by Gasteiger charge is 2.66. The molecule has 1 amide bonds. The Labute approximate surface area is 195 Å². The minimum Gasteiger partial charge on any atom is -0.293 e. The highest BCUT2D eigenvalue weighted by molar-refractivity contribution is 8.13. The maximum absolute atomic E-state index is 14.1. The molecular formula is C27H31N3OS. The summed E-state index contributed by atoms with van der Waals surface area (Å²) in [6.45, 7) is 4.33. The van der Waals surface area contributed by atoms with Crippen LogP contribution in [0.25, 0.3) is 0 Å². The fourth-order valence-electron chi connectivity index (χ4n) is 5.84. The zero-order valence-corrected chi connectivity index (χ0v) is 20.5. The van der Waals surface area contributed by atoms with Gasteiger partial charge in [0, 0.05) is 36.7 Å². The number of nitrogens with zero attached hydrogens (tertiary/aromatic N) is 3. The van der Waals surface area contributed by atoms with Gasteiger partial charge in [-0.15, -0.1) is 0 Å². The first-order valence-corrected chi connectivity index (χ1v) is 12.8. The molecule has 2 fully saturated rings. The number of carbonyl (C=O) groups is 1. The number of aliphatic imine (C=N–C) groups is 2. The average molecular weight is 446 g/mol. The molecule has 0 radical (unpaired) electrons. The summed E-state index contributed by atoms with van der Waals surface area (Å²) in [5.41, 5.74) is 5.98. The Morgan fingerprint density at radius 3 is 2.69 bits per heavy atom. The number of likely N-dealkylation sites (N-methyl/N-ethyl adjacent to an activating group) is 1. The third-order valence-corrected chi connectivity index (χ3v) is 8.45. The lowest BCUT2D eigenvalue weighted by molar-refractivity contribution is -0.135. The Morgan fingerprint density at radius 2 is 2.06 bits per heavy atom. The topological polar surface area (TPSA) is 45.0 Å². The summed E-state index contributed by atoms with van der Waals surface area (Å²) in [5, 5.41) is 0.811. The molecule has 32 heavy (non-hydrogen) atoms. The quantitative estimate of drug-likeness (QED) is 0.530. The number of rotatable bonds is 0. The van der Waals surface area contributed by atoms with E-state index in [4.69, 9.17) is 4.99 Å². The van der Waals surface area contributed by atoms with Crippen molar-refractivity contribution < 1.29 is 4.79 Å². The fourth-order valence-corrected chi connectivity index (χ4v) is 6.43. The van der Waals surface area contributed by atoms with Gasteiger partial charge in [-0.05, 0) is 87.5 Å². The lowest BCUT2D eigenvalue weighted by Gasteiger charge is -2.45. The second-order valence-electron chi connectivity index (χ2n) is 9.87. The number of hydrogen-bond donors (Lipinski definition) is 0. The van der Waals surface area contributed by atoms with Crippen molar-refractivity contribution in [3.8, 4) is 11.8 Å². The van der Waals surface area contributed by atoms with E-state index in [0.29, 0.717) is 5.92 Å². The molecule has 1 heterocycles. The van der Waals surface area contributed by atoms with Crippen molar-refractivity contribution in [2.75, 3.05) is 20.4 Å². The zero-order valence-electron chi connectivity index (χ0n) is 19.7. The van der Waals surface area contributed by atoms with Gasteiger partial charge >= 0.3 is 0 Å². The largest absolute Gasteiger partial charge is 0.293 e. The molecule has 0 saturated heterocycles. The predicted octanol–water partition coefficient (Wildman–Crippen LogP) is 4.97. The molecule has 2 unspecified atom stereocenters. The average Bonchev–Trinajstić information content (AvgIpc) is 3.54. The van der Waals surface area contributed by atoms with Gasteiger partial charge < -0.3 is 0 Å². The molecule has 5 heteroatoms.